The molecule has 0 aliphatic carbocycles. The van der Waals surface area contributed by atoms with Crippen molar-refractivity contribution in [2.45, 2.75) is 45.7 Å². The molecule has 0 saturated heterocycles. The average molecular weight is 309 g/mol. The molecular formula is C18H32N2S. The molecule has 2 N–H and O–H groups in total. The van der Waals surface area contributed by atoms with E-state index < -0.39 is 0 Å². The van der Waals surface area contributed by atoms with Gasteiger partial charge >= 0.3 is 0 Å². The molecular weight excluding hydrogens is 276 g/mol. The van der Waals surface area contributed by atoms with E-state index in [2.05, 4.69) is 63.2 Å². The molecule has 0 aliphatic rings. The largest absolute Gasteiger partial charge is 0.329 e. The molecule has 2 nitrogen and oxygen atoms in total. The van der Waals surface area contributed by atoms with Crippen LogP contribution in [0.5, 0.6) is 0 Å². The zero-order valence-electron chi connectivity index (χ0n) is 14.3. The first-order chi connectivity index (χ1) is 10.0. The molecule has 0 heterocycles. The maximum Gasteiger partial charge on any atom is 0.0470 e. The van der Waals surface area contributed by atoms with Crippen molar-refractivity contribution >= 4 is 11.8 Å². The Labute approximate surface area is 135 Å². The summed E-state index contributed by atoms with van der Waals surface area (Å²) in [6.45, 7) is 7.46. The van der Waals surface area contributed by atoms with E-state index in [-0.39, 0.29) is 0 Å². The van der Waals surface area contributed by atoms with E-state index in [1.165, 1.54) is 17.5 Å². The second-order valence-corrected chi connectivity index (χ2v) is 7.18. The number of rotatable bonds is 9. The summed E-state index contributed by atoms with van der Waals surface area (Å²) in [6, 6.07) is 9.96. The highest BCUT2D eigenvalue weighted by molar-refractivity contribution is 7.98. The molecule has 0 spiro atoms. The number of likely N-dealkylation sites (N-methyl/N-ethyl adjacent to an activating group) is 1. The number of hydrogen-bond donors (Lipinski definition) is 1. The van der Waals surface area contributed by atoms with E-state index >= 15 is 0 Å². The Morgan fingerprint density at radius 3 is 2.24 bits per heavy atom. The van der Waals surface area contributed by atoms with Crippen molar-refractivity contribution in [2.75, 3.05) is 25.6 Å². The van der Waals surface area contributed by atoms with Crippen LogP contribution in [0.2, 0.25) is 0 Å². The van der Waals surface area contributed by atoms with Gasteiger partial charge in [-0.1, -0.05) is 45.0 Å². The molecule has 0 aromatic heterocycles. The number of thioether (sulfide) groups is 1. The summed E-state index contributed by atoms with van der Waals surface area (Å²) in [6.07, 6.45) is 4.49. The Hall–Kier alpha value is -0.510. The van der Waals surface area contributed by atoms with Crippen molar-refractivity contribution in [1.82, 2.24) is 4.90 Å². The Morgan fingerprint density at radius 2 is 1.81 bits per heavy atom. The highest BCUT2D eigenvalue weighted by Crippen LogP contribution is 2.24. The van der Waals surface area contributed by atoms with E-state index in [4.69, 9.17) is 5.73 Å². The van der Waals surface area contributed by atoms with Crippen LogP contribution in [0.15, 0.2) is 24.3 Å². The molecule has 1 aromatic rings. The molecule has 0 amide bonds. The van der Waals surface area contributed by atoms with Crippen molar-refractivity contribution in [3.8, 4) is 0 Å². The van der Waals surface area contributed by atoms with Crippen LogP contribution < -0.4 is 5.73 Å². The molecule has 1 rings (SSSR count). The van der Waals surface area contributed by atoms with Crippen molar-refractivity contribution < 1.29 is 0 Å². The van der Waals surface area contributed by atoms with E-state index in [1.807, 2.05) is 11.8 Å². The Balaban J connectivity index is 2.83. The number of benzene rings is 1. The summed E-state index contributed by atoms with van der Waals surface area (Å²) in [5.41, 5.74) is 8.82. The second kappa shape index (κ2) is 9.50. The summed E-state index contributed by atoms with van der Waals surface area (Å²) in [4.78, 5) is 2.45. The molecule has 0 radical (unpaired) electrons. The molecule has 0 bridgehead atoms. The highest BCUT2D eigenvalue weighted by Gasteiger charge is 2.21. The molecule has 0 aliphatic heterocycles. The van der Waals surface area contributed by atoms with E-state index in [9.17, 15) is 0 Å². The SMILES string of the molecule is CCC(CSC)N(C)C(CN)c1ccc(CC(C)C)cc1. The third-order valence-corrected chi connectivity index (χ3v) is 4.85. The minimum absolute atomic E-state index is 0.315. The molecule has 0 saturated carbocycles. The van der Waals surface area contributed by atoms with Crippen LogP contribution >= 0.6 is 11.8 Å². The molecule has 21 heavy (non-hydrogen) atoms. The van der Waals surface area contributed by atoms with E-state index in [0.717, 1.165) is 12.2 Å². The highest BCUT2D eigenvalue weighted by atomic mass is 32.2. The standard InChI is InChI=1S/C18H32N2S/c1-6-17(13-21-5)20(4)18(12-19)16-9-7-15(8-10-16)11-14(2)3/h7-10,14,17-18H,6,11-13,19H2,1-5H3. The first-order valence-corrected chi connectivity index (χ1v) is 9.42. The quantitative estimate of drug-likeness (QED) is 0.749. The average Bonchev–Trinajstić information content (AvgIpc) is 2.46. The summed E-state index contributed by atoms with van der Waals surface area (Å²) in [7, 11) is 2.21. The van der Waals surface area contributed by atoms with Gasteiger partial charge in [0.25, 0.3) is 0 Å². The lowest BCUT2D eigenvalue weighted by atomic mass is 9.98. The van der Waals surface area contributed by atoms with Gasteiger partial charge in [-0.2, -0.15) is 11.8 Å². The fourth-order valence-electron chi connectivity index (χ4n) is 2.86. The van der Waals surface area contributed by atoms with E-state index in [1.54, 1.807) is 0 Å². The lowest BCUT2D eigenvalue weighted by Crippen LogP contribution is -2.39. The van der Waals surface area contributed by atoms with Gasteiger partial charge in [0.15, 0.2) is 0 Å². The van der Waals surface area contributed by atoms with Crippen molar-refractivity contribution in [2.24, 2.45) is 11.7 Å². The van der Waals surface area contributed by atoms with Gasteiger partial charge in [0, 0.05) is 24.4 Å². The molecule has 3 heteroatoms. The predicted molar refractivity (Wildman–Crippen MR) is 97.0 cm³/mol. The molecule has 2 atom stereocenters. The van der Waals surface area contributed by atoms with Gasteiger partial charge in [-0.3, -0.25) is 4.90 Å². The fourth-order valence-corrected chi connectivity index (χ4v) is 3.71. The van der Waals surface area contributed by atoms with Crippen LogP contribution in [0, 0.1) is 5.92 Å². The van der Waals surface area contributed by atoms with Crippen LogP contribution in [0.25, 0.3) is 0 Å². The monoisotopic (exact) mass is 308 g/mol. The smallest absolute Gasteiger partial charge is 0.0470 e. The first kappa shape index (κ1) is 18.5. The Morgan fingerprint density at radius 1 is 1.19 bits per heavy atom. The Bertz CT molecular complexity index is 389. The van der Waals surface area contributed by atoms with Crippen LogP contribution in [-0.4, -0.2) is 36.5 Å². The minimum Gasteiger partial charge on any atom is -0.329 e. The molecule has 1 aromatic carbocycles. The summed E-state index contributed by atoms with van der Waals surface area (Å²) < 4.78 is 0. The topological polar surface area (TPSA) is 29.3 Å². The van der Waals surface area contributed by atoms with Crippen LogP contribution in [0.3, 0.4) is 0 Å². The molecule has 2 unspecified atom stereocenters. The van der Waals surface area contributed by atoms with Gasteiger partial charge in [-0.25, -0.2) is 0 Å². The minimum atomic E-state index is 0.315. The van der Waals surface area contributed by atoms with Gasteiger partial charge < -0.3 is 5.73 Å². The summed E-state index contributed by atoms with van der Waals surface area (Å²) in [5.74, 6) is 1.87. The van der Waals surface area contributed by atoms with Crippen LogP contribution in [0.1, 0.15) is 44.4 Å². The third-order valence-electron chi connectivity index (χ3n) is 4.13. The van der Waals surface area contributed by atoms with Crippen LogP contribution in [-0.2, 0) is 6.42 Å². The first-order valence-electron chi connectivity index (χ1n) is 8.03. The summed E-state index contributed by atoms with van der Waals surface area (Å²) in [5, 5.41) is 0. The number of nitrogens with zero attached hydrogens (tertiary/aromatic N) is 1. The van der Waals surface area contributed by atoms with Gasteiger partial charge in [0.2, 0.25) is 0 Å². The molecule has 120 valence electrons. The third kappa shape index (κ3) is 5.65. The van der Waals surface area contributed by atoms with Gasteiger partial charge in [0.05, 0.1) is 0 Å². The van der Waals surface area contributed by atoms with Crippen molar-refractivity contribution in [3.63, 3.8) is 0 Å². The van der Waals surface area contributed by atoms with Crippen molar-refractivity contribution in [1.29, 1.82) is 0 Å². The summed E-state index contributed by atoms with van der Waals surface area (Å²) >= 11 is 1.91. The van der Waals surface area contributed by atoms with Gasteiger partial charge in [-0.05, 0) is 43.2 Å². The van der Waals surface area contributed by atoms with E-state index in [0.29, 0.717) is 24.5 Å². The lowest BCUT2D eigenvalue weighted by Gasteiger charge is -2.34. The predicted octanol–water partition coefficient (Wildman–Crippen LogP) is 3.96. The van der Waals surface area contributed by atoms with Gasteiger partial charge in [0.1, 0.15) is 0 Å². The maximum atomic E-state index is 6.06. The fraction of sp³-hybridized carbons (Fsp3) is 0.667. The zero-order valence-corrected chi connectivity index (χ0v) is 15.1. The maximum absolute atomic E-state index is 6.06. The number of nitrogens with two attached hydrogens (primary N) is 1. The van der Waals surface area contributed by atoms with Crippen LogP contribution in [0.4, 0.5) is 0 Å². The normalized spacial score (nSPS) is 14.7. The second-order valence-electron chi connectivity index (χ2n) is 6.27. The van der Waals surface area contributed by atoms with Crippen molar-refractivity contribution in [3.05, 3.63) is 35.4 Å². The Kier molecular flexibility index (Phi) is 8.38. The number of hydrogen-bond acceptors (Lipinski definition) is 3. The lowest BCUT2D eigenvalue weighted by molar-refractivity contribution is 0.188. The zero-order chi connectivity index (χ0) is 15.8. The van der Waals surface area contributed by atoms with Gasteiger partial charge in [-0.15, -0.1) is 0 Å². The molecule has 0 fully saturated rings.